The third-order valence-electron chi connectivity index (χ3n) is 3.28. The second-order valence-electron chi connectivity index (χ2n) is 5.54. The summed E-state index contributed by atoms with van der Waals surface area (Å²) < 4.78 is 0. The lowest BCUT2D eigenvalue weighted by atomic mass is 9.90. The Kier molecular flexibility index (Phi) is 5.13. The molecule has 0 aromatic rings. The van der Waals surface area contributed by atoms with E-state index in [4.69, 9.17) is 0 Å². The van der Waals surface area contributed by atoms with Gasteiger partial charge in [0.15, 0.2) is 0 Å². The van der Waals surface area contributed by atoms with Crippen molar-refractivity contribution in [1.82, 2.24) is 5.32 Å². The van der Waals surface area contributed by atoms with Gasteiger partial charge in [-0.2, -0.15) is 0 Å². The fourth-order valence-corrected chi connectivity index (χ4v) is 2.39. The van der Waals surface area contributed by atoms with E-state index in [-0.39, 0.29) is 5.91 Å². The Hall–Kier alpha value is -0.530. The van der Waals surface area contributed by atoms with Crippen LogP contribution in [0.2, 0.25) is 0 Å². The van der Waals surface area contributed by atoms with E-state index >= 15 is 0 Å². The predicted molar refractivity (Wildman–Crippen MR) is 63.6 cm³/mol. The van der Waals surface area contributed by atoms with Crippen LogP contribution in [-0.2, 0) is 4.79 Å². The van der Waals surface area contributed by atoms with Crippen LogP contribution in [0.5, 0.6) is 0 Å². The van der Waals surface area contributed by atoms with Crippen LogP contribution in [0.25, 0.3) is 0 Å². The summed E-state index contributed by atoms with van der Waals surface area (Å²) in [5.74, 6) is 2.45. The molecule has 0 spiro atoms. The first kappa shape index (κ1) is 12.5. The summed E-state index contributed by atoms with van der Waals surface area (Å²) in [7, 11) is 0. The summed E-state index contributed by atoms with van der Waals surface area (Å²) in [4.78, 5) is 11.0. The normalized spacial score (nSPS) is 23.2. The lowest BCUT2D eigenvalue weighted by molar-refractivity contribution is -0.119. The summed E-state index contributed by atoms with van der Waals surface area (Å²) in [6.45, 7) is 7.80. The third-order valence-corrected chi connectivity index (χ3v) is 3.28. The van der Waals surface area contributed by atoms with Crippen LogP contribution in [-0.4, -0.2) is 12.5 Å². The summed E-state index contributed by atoms with van der Waals surface area (Å²) in [5.41, 5.74) is 0. The Morgan fingerprint density at radius 3 is 2.60 bits per heavy atom. The average Bonchev–Trinajstić information content (AvgIpc) is 2.50. The molecule has 88 valence electrons. The van der Waals surface area contributed by atoms with Gasteiger partial charge in [-0.05, 0) is 24.2 Å². The Morgan fingerprint density at radius 2 is 2.07 bits per heavy atom. The Labute approximate surface area is 93.8 Å². The zero-order valence-electron chi connectivity index (χ0n) is 10.4. The summed E-state index contributed by atoms with van der Waals surface area (Å²) >= 11 is 0. The number of carbonyl (C=O) groups is 1. The van der Waals surface area contributed by atoms with Crippen molar-refractivity contribution in [2.45, 2.75) is 52.9 Å². The average molecular weight is 211 g/mol. The van der Waals surface area contributed by atoms with Crippen molar-refractivity contribution in [2.24, 2.45) is 17.8 Å². The number of nitrogens with one attached hydrogen (secondary N) is 1. The van der Waals surface area contributed by atoms with Crippen LogP contribution in [0.1, 0.15) is 52.9 Å². The van der Waals surface area contributed by atoms with Gasteiger partial charge in [0.25, 0.3) is 0 Å². The molecule has 1 aliphatic heterocycles. The summed E-state index contributed by atoms with van der Waals surface area (Å²) in [5, 5.41) is 2.91. The highest BCUT2D eigenvalue weighted by Gasteiger charge is 2.22. The van der Waals surface area contributed by atoms with E-state index in [1.165, 1.54) is 25.7 Å². The maximum atomic E-state index is 11.0. The topological polar surface area (TPSA) is 29.1 Å². The van der Waals surface area contributed by atoms with Crippen molar-refractivity contribution in [3.05, 3.63) is 0 Å². The zero-order chi connectivity index (χ0) is 11.3. The molecule has 1 amide bonds. The molecule has 0 aromatic heterocycles. The van der Waals surface area contributed by atoms with Crippen LogP contribution in [0.3, 0.4) is 0 Å². The molecule has 1 fully saturated rings. The molecule has 0 aliphatic carbocycles. The van der Waals surface area contributed by atoms with Crippen LogP contribution in [0.4, 0.5) is 0 Å². The van der Waals surface area contributed by atoms with Gasteiger partial charge in [-0.3, -0.25) is 4.79 Å². The van der Waals surface area contributed by atoms with Gasteiger partial charge < -0.3 is 5.32 Å². The second kappa shape index (κ2) is 6.14. The van der Waals surface area contributed by atoms with E-state index in [1.807, 2.05) is 0 Å². The van der Waals surface area contributed by atoms with Gasteiger partial charge >= 0.3 is 0 Å². The monoisotopic (exact) mass is 211 g/mol. The van der Waals surface area contributed by atoms with Crippen LogP contribution >= 0.6 is 0 Å². The van der Waals surface area contributed by atoms with Gasteiger partial charge in [-0.15, -0.1) is 0 Å². The molecule has 2 heteroatoms. The molecule has 1 N–H and O–H groups in total. The SMILES string of the molecule is CC(C)CCC[C@H](C)CC1CNC(=O)C1. The highest BCUT2D eigenvalue weighted by atomic mass is 16.1. The minimum atomic E-state index is 0.245. The number of carbonyl (C=O) groups excluding carboxylic acids is 1. The molecule has 15 heavy (non-hydrogen) atoms. The van der Waals surface area contributed by atoms with Crippen molar-refractivity contribution in [2.75, 3.05) is 6.54 Å². The molecule has 1 saturated heterocycles. The van der Waals surface area contributed by atoms with Crippen molar-refractivity contribution < 1.29 is 4.79 Å². The maximum Gasteiger partial charge on any atom is 0.220 e. The summed E-state index contributed by atoms with van der Waals surface area (Å²) in [6.07, 6.45) is 5.98. The highest BCUT2D eigenvalue weighted by molar-refractivity contribution is 5.78. The number of hydrogen-bond acceptors (Lipinski definition) is 1. The number of amides is 1. The lowest BCUT2D eigenvalue weighted by Crippen LogP contribution is -2.14. The molecular weight excluding hydrogens is 186 g/mol. The first-order valence-electron chi connectivity index (χ1n) is 6.34. The van der Waals surface area contributed by atoms with Gasteiger partial charge in [0.2, 0.25) is 5.91 Å². The van der Waals surface area contributed by atoms with Crippen LogP contribution in [0, 0.1) is 17.8 Å². The molecule has 1 heterocycles. The van der Waals surface area contributed by atoms with Crippen molar-refractivity contribution in [1.29, 1.82) is 0 Å². The quantitative estimate of drug-likeness (QED) is 0.719. The largest absolute Gasteiger partial charge is 0.356 e. The van der Waals surface area contributed by atoms with Gasteiger partial charge in [0.1, 0.15) is 0 Å². The fourth-order valence-electron chi connectivity index (χ4n) is 2.39. The van der Waals surface area contributed by atoms with Gasteiger partial charge in [0.05, 0.1) is 0 Å². The molecule has 2 nitrogen and oxygen atoms in total. The van der Waals surface area contributed by atoms with Crippen LogP contribution < -0.4 is 5.32 Å². The van der Waals surface area contributed by atoms with E-state index in [0.717, 1.165) is 24.8 Å². The van der Waals surface area contributed by atoms with E-state index in [9.17, 15) is 4.79 Å². The molecule has 2 atom stereocenters. The highest BCUT2D eigenvalue weighted by Crippen LogP contribution is 2.23. The first-order chi connectivity index (χ1) is 7.08. The molecule has 1 rings (SSSR count). The fraction of sp³-hybridized carbons (Fsp3) is 0.923. The molecule has 0 aromatic carbocycles. The van der Waals surface area contributed by atoms with Crippen molar-refractivity contribution in [3.63, 3.8) is 0 Å². The van der Waals surface area contributed by atoms with E-state index in [2.05, 4.69) is 26.1 Å². The van der Waals surface area contributed by atoms with E-state index in [0.29, 0.717) is 5.92 Å². The molecular formula is C13H25NO. The molecule has 0 saturated carbocycles. The minimum absolute atomic E-state index is 0.245. The zero-order valence-corrected chi connectivity index (χ0v) is 10.4. The third kappa shape index (κ3) is 5.19. The molecule has 1 aliphatic rings. The van der Waals surface area contributed by atoms with E-state index < -0.39 is 0 Å². The lowest BCUT2D eigenvalue weighted by Gasteiger charge is -2.15. The van der Waals surface area contributed by atoms with Crippen molar-refractivity contribution >= 4 is 5.91 Å². The number of hydrogen-bond donors (Lipinski definition) is 1. The maximum absolute atomic E-state index is 11.0. The standard InChI is InChI=1S/C13H25NO/c1-10(2)5-4-6-11(3)7-12-8-13(15)14-9-12/h10-12H,4-9H2,1-3H3,(H,14,15)/t11-,12?/m0/s1. The Balaban J connectivity index is 2.07. The van der Waals surface area contributed by atoms with Crippen molar-refractivity contribution in [3.8, 4) is 0 Å². The number of rotatable bonds is 6. The van der Waals surface area contributed by atoms with Gasteiger partial charge in [-0.1, -0.05) is 40.0 Å². The summed E-state index contributed by atoms with van der Waals surface area (Å²) in [6, 6.07) is 0. The van der Waals surface area contributed by atoms with Gasteiger partial charge in [0, 0.05) is 13.0 Å². The Bertz CT molecular complexity index is 201. The van der Waals surface area contributed by atoms with E-state index in [1.54, 1.807) is 0 Å². The second-order valence-corrected chi connectivity index (χ2v) is 5.54. The smallest absolute Gasteiger partial charge is 0.220 e. The predicted octanol–water partition coefficient (Wildman–Crippen LogP) is 2.98. The molecule has 1 unspecified atom stereocenters. The molecule has 0 bridgehead atoms. The van der Waals surface area contributed by atoms with Gasteiger partial charge in [-0.25, -0.2) is 0 Å². The Morgan fingerprint density at radius 1 is 1.33 bits per heavy atom. The first-order valence-corrected chi connectivity index (χ1v) is 6.34. The molecule has 0 radical (unpaired) electrons. The van der Waals surface area contributed by atoms with Crippen LogP contribution in [0.15, 0.2) is 0 Å². The minimum Gasteiger partial charge on any atom is -0.356 e.